The minimum atomic E-state index is 0.773. The van der Waals surface area contributed by atoms with E-state index in [-0.39, 0.29) is 0 Å². The molecule has 0 amide bonds. The summed E-state index contributed by atoms with van der Waals surface area (Å²) in [4.78, 5) is 4.41. The lowest BCUT2D eigenvalue weighted by atomic mass is 9.83. The van der Waals surface area contributed by atoms with Gasteiger partial charge in [-0.3, -0.25) is 4.98 Å². The molecule has 0 unspecified atom stereocenters. The van der Waals surface area contributed by atoms with Crippen LogP contribution in [0.3, 0.4) is 0 Å². The Morgan fingerprint density at radius 3 is 2.75 bits per heavy atom. The van der Waals surface area contributed by atoms with Gasteiger partial charge in [0.2, 0.25) is 0 Å². The molecule has 0 bridgehead atoms. The van der Waals surface area contributed by atoms with Gasteiger partial charge in [0.25, 0.3) is 0 Å². The van der Waals surface area contributed by atoms with Gasteiger partial charge in [0.15, 0.2) is 0 Å². The zero-order valence-corrected chi connectivity index (χ0v) is 13.0. The zero-order chi connectivity index (χ0) is 14.2. The van der Waals surface area contributed by atoms with E-state index in [0.717, 1.165) is 24.7 Å². The molecule has 0 radical (unpaired) electrons. The Morgan fingerprint density at radius 2 is 2.10 bits per heavy atom. The second kappa shape index (κ2) is 8.21. The summed E-state index contributed by atoms with van der Waals surface area (Å²) in [6.45, 7) is 6.40. The van der Waals surface area contributed by atoms with Gasteiger partial charge in [-0.25, -0.2) is 0 Å². The number of hydrogen-bond donors (Lipinski definition) is 1. The van der Waals surface area contributed by atoms with Gasteiger partial charge >= 0.3 is 0 Å². The maximum absolute atomic E-state index is 4.41. The third kappa shape index (κ3) is 4.75. The lowest BCUT2D eigenvalue weighted by Gasteiger charge is -2.25. The summed E-state index contributed by atoms with van der Waals surface area (Å²) >= 11 is 0. The molecular formula is C18H28N2. The molecule has 110 valence electrons. The number of aromatic nitrogens is 1. The third-order valence-electron chi connectivity index (χ3n) is 4.17. The first-order chi connectivity index (χ1) is 9.79. The van der Waals surface area contributed by atoms with Crippen LogP contribution in [0.1, 0.15) is 56.7 Å². The fourth-order valence-electron chi connectivity index (χ4n) is 2.97. The quantitative estimate of drug-likeness (QED) is 0.779. The van der Waals surface area contributed by atoms with Crippen molar-refractivity contribution in [2.75, 3.05) is 13.1 Å². The summed E-state index contributed by atoms with van der Waals surface area (Å²) in [6.07, 6.45) is 12.5. The molecule has 1 aliphatic rings. The second-order valence-corrected chi connectivity index (χ2v) is 5.96. The lowest BCUT2D eigenvalue weighted by molar-refractivity contribution is 0.396. The van der Waals surface area contributed by atoms with Crippen molar-refractivity contribution < 1.29 is 0 Å². The summed E-state index contributed by atoms with van der Waals surface area (Å²) < 4.78 is 0. The number of nitrogens with zero attached hydrogens (tertiary/aromatic N) is 1. The number of hydrogen-bond acceptors (Lipinski definition) is 2. The van der Waals surface area contributed by atoms with Crippen molar-refractivity contribution in [3.05, 3.63) is 35.2 Å². The topological polar surface area (TPSA) is 24.9 Å². The van der Waals surface area contributed by atoms with Crippen LogP contribution in [-0.2, 0) is 0 Å². The van der Waals surface area contributed by atoms with Gasteiger partial charge in [0, 0.05) is 18.4 Å². The summed E-state index contributed by atoms with van der Waals surface area (Å²) in [7, 11) is 0. The molecule has 1 aromatic heterocycles. The molecule has 0 aliphatic heterocycles. The molecule has 0 saturated heterocycles. The first kappa shape index (κ1) is 15.2. The Hall–Kier alpha value is -1.15. The number of rotatable bonds is 6. The molecule has 0 aromatic carbocycles. The molecule has 1 N–H and O–H groups in total. The molecule has 2 rings (SSSR count). The van der Waals surface area contributed by atoms with E-state index < -0.39 is 0 Å². The van der Waals surface area contributed by atoms with E-state index in [1.807, 2.05) is 13.1 Å². The fraction of sp³-hybridized carbons (Fsp3) is 0.611. The highest BCUT2D eigenvalue weighted by atomic mass is 14.8. The van der Waals surface area contributed by atoms with Crippen molar-refractivity contribution in [1.29, 1.82) is 0 Å². The number of nitrogens with one attached hydrogen (secondary N) is 1. The van der Waals surface area contributed by atoms with Gasteiger partial charge in [-0.1, -0.05) is 43.9 Å². The Balaban J connectivity index is 2.09. The van der Waals surface area contributed by atoms with E-state index in [2.05, 4.69) is 35.4 Å². The fourth-order valence-corrected chi connectivity index (χ4v) is 2.97. The lowest BCUT2D eigenvalue weighted by Crippen LogP contribution is -2.23. The van der Waals surface area contributed by atoms with E-state index in [1.165, 1.54) is 44.1 Å². The summed E-state index contributed by atoms with van der Waals surface area (Å²) in [5.74, 6) is 0.773. The van der Waals surface area contributed by atoms with Crippen molar-refractivity contribution >= 4 is 6.08 Å². The summed E-state index contributed by atoms with van der Waals surface area (Å²) in [5.41, 5.74) is 3.91. The van der Waals surface area contributed by atoms with E-state index >= 15 is 0 Å². The SMILES string of the molecule is CCCNC/C(=C/c1ccc(C)nc1)C1CCCCC1. The maximum atomic E-state index is 4.41. The van der Waals surface area contributed by atoms with Crippen LogP contribution in [0.5, 0.6) is 0 Å². The predicted octanol–water partition coefficient (Wildman–Crippen LogP) is 4.35. The van der Waals surface area contributed by atoms with Gasteiger partial charge in [0.1, 0.15) is 0 Å². The van der Waals surface area contributed by atoms with Crippen molar-refractivity contribution in [2.24, 2.45) is 5.92 Å². The van der Waals surface area contributed by atoms with Crippen molar-refractivity contribution in [3.8, 4) is 0 Å². The summed E-state index contributed by atoms with van der Waals surface area (Å²) in [5, 5.41) is 3.58. The molecule has 1 fully saturated rings. The third-order valence-corrected chi connectivity index (χ3v) is 4.17. The molecule has 1 aromatic rings. The first-order valence-electron chi connectivity index (χ1n) is 8.13. The van der Waals surface area contributed by atoms with Crippen molar-refractivity contribution in [1.82, 2.24) is 10.3 Å². The van der Waals surface area contributed by atoms with E-state index in [0.29, 0.717) is 0 Å². The monoisotopic (exact) mass is 272 g/mol. The van der Waals surface area contributed by atoms with Crippen molar-refractivity contribution in [3.63, 3.8) is 0 Å². The van der Waals surface area contributed by atoms with Crippen LogP contribution in [0.2, 0.25) is 0 Å². The van der Waals surface area contributed by atoms with Crippen molar-refractivity contribution in [2.45, 2.75) is 52.4 Å². The van der Waals surface area contributed by atoms with Crippen LogP contribution in [0.15, 0.2) is 23.9 Å². The van der Waals surface area contributed by atoms with Crippen LogP contribution in [0.4, 0.5) is 0 Å². The Kier molecular flexibility index (Phi) is 6.25. The van der Waals surface area contributed by atoms with Gasteiger partial charge < -0.3 is 5.32 Å². The molecule has 2 nitrogen and oxygen atoms in total. The minimum absolute atomic E-state index is 0.773. The minimum Gasteiger partial charge on any atom is -0.313 e. The van der Waals surface area contributed by atoms with Gasteiger partial charge in [-0.2, -0.15) is 0 Å². The zero-order valence-electron chi connectivity index (χ0n) is 13.0. The van der Waals surface area contributed by atoms with Crippen LogP contribution < -0.4 is 5.32 Å². The van der Waals surface area contributed by atoms with Gasteiger partial charge in [-0.05, 0) is 50.3 Å². The molecule has 1 saturated carbocycles. The van der Waals surface area contributed by atoms with Crippen LogP contribution >= 0.6 is 0 Å². The molecule has 1 aliphatic carbocycles. The Bertz CT molecular complexity index is 414. The first-order valence-corrected chi connectivity index (χ1v) is 8.13. The average molecular weight is 272 g/mol. The van der Waals surface area contributed by atoms with Crippen LogP contribution in [-0.4, -0.2) is 18.1 Å². The van der Waals surface area contributed by atoms with Gasteiger partial charge in [0.05, 0.1) is 0 Å². The molecule has 0 atom stereocenters. The summed E-state index contributed by atoms with van der Waals surface area (Å²) in [6, 6.07) is 4.29. The van der Waals surface area contributed by atoms with E-state index in [1.54, 1.807) is 5.57 Å². The van der Waals surface area contributed by atoms with E-state index in [4.69, 9.17) is 0 Å². The van der Waals surface area contributed by atoms with Gasteiger partial charge in [-0.15, -0.1) is 0 Å². The number of pyridine rings is 1. The van der Waals surface area contributed by atoms with E-state index in [9.17, 15) is 0 Å². The molecule has 0 spiro atoms. The molecule has 20 heavy (non-hydrogen) atoms. The average Bonchev–Trinajstić information content (AvgIpc) is 2.49. The predicted molar refractivity (Wildman–Crippen MR) is 86.7 cm³/mol. The standard InChI is InChI=1S/C18H28N2/c1-3-11-19-14-18(17-7-5-4-6-8-17)12-16-10-9-15(2)20-13-16/h9-10,12-13,17,19H,3-8,11,14H2,1-2H3/b18-12-. The largest absolute Gasteiger partial charge is 0.313 e. The molecular weight excluding hydrogens is 244 g/mol. The maximum Gasteiger partial charge on any atom is 0.0373 e. The Morgan fingerprint density at radius 1 is 1.30 bits per heavy atom. The Labute approximate surface area is 123 Å². The second-order valence-electron chi connectivity index (χ2n) is 5.96. The van der Waals surface area contributed by atoms with Crippen LogP contribution in [0, 0.1) is 12.8 Å². The highest BCUT2D eigenvalue weighted by molar-refractivity contribution is 5.53. The van der Waals surface area contributed by atoms with Crippen LogP contribution in [0.25, 0.3) is 6.08 Å². The molecule has 2 heteroatoms. The highest BCUT2D eigenvalue weighted by Crippen LogP contribution is 2.30. The normalized spacial score (nSPS) is 17.4. The highest BCUT2D eigenvalue weighted by Gasteiger charge is 2.17. The smallest absolute Gasteiger partial charge is 0.0373 e. The number of aryl methyl sites for hydroxylation is 1. The molecule has 1 heterocycles.